The summed E-state index contributed by atoms with van der Waals surface area (Å²) >= 11 is 0. The van der Waals surface area contributed by atoms with Crippen LogP contribution in [0.3, 0.4) is 0 Å². The number of nitrogens with one attached hydrogen (secondary N) is 1. The topological polar surface area (TPSA) is 93.3 Å². The maximum Gasteiger partial charge on any atom is 0.416 e. The molecular formula is C18H15F3N2O3. The summed E-state index contributed by atoms with van der Waals surface area (Å²) in [6.07, 6.45) is -4.49. The van der Waals surface area contributed by atoms with Gasteiger partial charge in [-0.1, -0.05) is 18.2 Å². The number of hydrogen-bond acceptors (Lipinski definition) is 4. The van der Waals surface area contributed by atoms with E-state index in [0.29, 0.717) is 5.56 Å². The molecule has 26 heavy (non-hydrogen) atoms. The van der Waals surface area contributed by atoms with E-state index in [2.05, 4.69) is 5.32 Å². The van der Waals surface area contributed by atoms with Crippen LogP contribution in [0, 0.1) is 17.2 Å². The van der Waals surface area contributed by atoms with Gasteiger partial charge in [-0.25, -0.2) is 0 Å². The summed E-state index contributed by atoms with van der Waals surface area (Å²) in [4.78, 5) is 12.1. The Morgan fingerprint density at radius 3 is 2.46 bits per heavy atom. The minimum absolute atomic E-state index is 0.0151. The van der Waals surface area contributed by atoms with Crippen LogP contribution in [0.25, 0.3) is 0 Å². The van der Waals surface area contributed by atoms with Crippen LogP contribution in [0.4, 0.5) is 13.2 Å². The van der Waals surface area contributed by atoms with E-state index in [-0.39, 0.29) is 30.0 Å². The summed E-state index contributed by atoms with van der Waals surface area (Å²) < 4.78 is 38.1. The Kier molecular flexibility index (Phi) is 5.72. The van der Waals surface area contributed by atoms with Crippen molar-refractivity contribution >= 4 is 5.91 Å². The number of halogens is 3. The van der Waals surface area contributed by atoms with Crippen molar-refractivity contribution in [2.24, 2.45) is 5.92 Å². The smallest absolute Gasteiger partial charge is 0.416 e. The zero-order valence-electron chi connectivity index (χ0n) is 13.4. The monoisotopic (exact) mass is 364 g/mol. The van der Waals surface area contributed by atoms with Crippen LogP contribution in [-0.2, 0) is 23.9 Å². The molecule has 0 aliphatic carbocycles. The van der Waals surface area contributed by atoms with Crippen molar-refractivity contribution in [2.45, 2.75) is 19.1 Å². The summed E-state index contributed by atoms with van der Waals surface area (Å²) in [6.45, 7) is -0.151. The number of benzene rings is 2. The van der Waals surface area contributed by atoms with Gasteiger partial charge in [0.2, 0.25) is 5.91 Å². The predicted octanol–water partition coefficient (Wildman–Crippen LogP) is 3.12. The molecule has 5 nitrogen and oxygen atoms in total. The van der Waals surface area contributed by atoms with Crippen LogP contribution in [0.15, 0.2) is 42.5 Å². The SMILES string of the molecule is N#CC(Cc1ccc(O)c(O)c1)C(=O)NCc1cccc(C(F)(F)F)c1. The highest BCUT2D eigenvalue weighted by atomic mass is 19.4. The van der Waals surface area contributed by atoms with Gasteiger partial charge in [-0.15, -0.1) is 0 Å². The largest absolute Gasteiger partial charge is 0.504 e. The number of hydrogen-bond donors (Lipinski definition) is 3. The van der Waals surface area contributed by atoms with Crippen molar-refractivity contribution in [1.29, 1.82) is 5.26 Å². The van der Waals surface area contributed by atoms with Crippen LogP contribution >= 0.6 is 0 Å². The van der Waals surface area contributed by atoms with E-state index >= 15 is 0 Å². The van der Waals surface area contributed by atoms with Crippen LogP contribution in [0.2, 0.25) is 0 Å². The van der Waals surface area contributed by atoms with Gasteiger partial charge in [0.05, 0.1) is 11.6 Å². The van der Waals surface area contributed by atoms with Crippen molar-refractivity contribution in [2.75, 3.05) is 0 Å². The number of phenols is 2. The third-order valence-corrected chi connectivity index (χ3v) is 3.67. The normalized spacial score (nSPS) is 12.2. The summed E-state index contributed by atoms with van der Waals surface area (Å²) in [6, 6.07) is 10.3. The Labute approximate surface area is 147 Å². The molecule has 2 aromatic rings. The fourth-order valence-corrected chi connectivity index (χ4v) is 2.30. The minimum atomic E-state index is -4.48. The van der Waals surface area contributed by atoms with Gasteiger partial charge in [0.15, 0.2) is 11.5 Å². The third kappa shape index (κ3) is 4.89. The summed E-state index contributed by atoms with van der Waals surface area (Å²) in [5.41, 5.74) is -0.103. The number of carbonyl (C=O) groups excluding carboxylic acids is 1. The van der Waals surface area contributed by atoms with Gasteiger partial charge in [-0.05, 0) is 41.8 Å². The number of nitriles is 1. The third-order valence-electron chi connectivity index (χ3n) is 3.67. The molecule has 2 rings (SSSR count). The van der Waals surface area contributed by atoms with Crippen molar-refractivity contribution in [3.8, 4) is 17.6 Å². The molecule has 0 aliphatic heterocycles. The van der Waals surface area contributed by atoms with E-state index < -0.39 is 23.6 Å². The molecule has 0 saturated heterocycles. The van der Waals surface area contributed by atoms with Gasteiger partial charge in [-0.3, -0.25) is 4.79 Å². The van der Waals surface area contributed by atoms with E-state index in [1.54, 1.807) is 0 Å². The molecule has 0 saturated carbocycles. The van der Waals surface area contributed by atoms with Gasteiger partial charge in [0, 0.05) is 6.54 Å². The van der Waals surface area contributed by atoms with Gasteiger partial charge in [-0.2, -0.15) is 18.4 Å². The molecule has 1 atom stereocenters. The number of alkyl halides is 3. The first-order chi connectivity index (χ1) is 12.2. The lowest BCUT2D eigenvalue weighted by atomic mass is 9.99. The molecule has 2 aromatic carbocycles. The second kappa shape index (κ2) is 7.78. The Balaban J connectivity index is 2.01. The van der Waals surface area contributed by atoms with E-state index in [9.17, 15) is 28.2 Å². The van der Waals surface area contributed by atoms with Crippen molar-refractivity contribution < 1.29 is 28.2 Å². The molecule has 0 aliphatic rings. The molecule has 0 fully saturated rings. The second-order valence-electron chi connectivity index (χ2n) is 5.62. The zero-order chi connectivity index (χ0) is 19.3. The van der Waals surface area contributed by atoms with Crippen LogP contribution in [-0.4, -0.2) is 16.1 Å². The number of amides is 1. The van der Waals surface area contributed by atoms with E-state index in [1.165, 1.54) is 30.3 Å². The number of phenolic OH excluding ortho intramolecular Hbond substituents is 2. The molecule has 3 N–H and O–H groups in total. The van der Waals surface area contributed by atoms with E-state index in [1.807, 2.05) is 6.07 Å². The number of rotatable bonds is 5. The predicted molar refractivity (Wildman–Crippen MR) is 85.9 cm³/mol. The van der Waals surface area contributed by atoms with Gasteiger partial charge >= 0.3 is 6.18 Å². The standard InChI is InChI=1S/C18H15F3N2O3/c19-18(20,21)14-3-1-2-12(7-14)10-23-17(26)13(9-22)6-11-4-5-15(24)16(25)8-11/h1-5,7-8,13,24-25H,6,10H2,(H,23,26). The maximum atomic E-state index is 12.7. The number of aromatic hydroxyl groups is 2. The zero-order valence-corrected chi connectivity index (χ0v) is 13.4. The Hall–Kier alpha value is -3.21. The van der Waals surface area contributed by atoms with E-state index in [4.69, 9.17) is 5.26 Å². The lowest BCUT2D eigenvalue weighted by Crippen LogP contribution is -2.30. The van der Waals surface area contributed by atoms with Crippen LogP contribution in [0.1, 0.15) is 16.7 Å². The summed E-state index contributed by atoms with van der Waals surface area (Å²) in [7, 11) is 0. The fourth-order valence-electron chi connectivity index (χ4n) is 2.30. The lowest BCUT2D eigenvalue weighted by molar-refractivity contribution is -0.137. The fraction of sp³-hybridized carbons (Fsp3) is 0.222. The molecule has 1 amide bonds. The first-order valence-corrected chi connectivity index (χ1v) is 7.55. The van der Waals surface area contributed by atoms with Crippen LogP contribution in [0.5, 0.6) is 11.5 Å². The Bertz CT molecular complexity index is 844. The molecule has 0 radical (unpaired) electrons. The highest BCUT2D eigenvalue weighted by Crippen LogP contribution is 2.29. The molecule has 136 valence electrons. The molecule has 0 bridgehead atoms. The van der Waals surface area contributed by atoms with Gasteiger partial charge in [0.25, 0.3) is 0 Å². The lowest BCUT2D eigenvalue weighted by Gasteiger charge is -2.12. The summed E-state index contributed by atoms with van der Waals surface area (Å²) in [5.74, 6) is -2.43. The second-order valence-corrected chi connectivity index (χ2v) is 5.62. The molecule has 0 spiro atoms. The van der Waals surface area contributed by atoms with Crippen LogP contribution < -0.4 is 5.32 Å². The first-order valence-electron chi connectivity index (χ1n) is 7.55. The molecule has 0 heterocycles. The Morgan fingerprint density at radius 2 is 1.85 bits per heavy atom. The highest BCUT2D eigenvalue weighted by molar-refractivity contribution is 5.81. The van der Waals surface area contributed by atoms with Crippen molar-refractivity contribution in [3.63, 3.8) is 0 Å². The van der Waals surface area contributed by atoms with Crippen molar-refractivity contribution in [1.82, 2.24) is 5.32 Å². The maximum absolute atomic E-state index is 12.7. The quantitative estimate of drug-likeness (QED) is 0.711. The summed E-state index contributed by atoms with van der Waals surface area (Å²) in [5, 5.41) is 30.3. The average molecular weight is 364 g/mol. The number of carbonyl (C=O) groups is 1. The Morgan fingerprint density at radius 1 is 1.12 bits per heavy atom. The van der Waals surface area contributed by atoms with E-state index in [0.717, 1.165) is 12.1 Å². The minimum Gasteiger partial charge on any atom is -0.504 e. The van der Waals surface area contributed by atoms with Gasteiger partial charge < -0.3 is 15.5 Å². The molecular weight excluding hydrogens is 349 g/mol. The first kappa shape index (κ1) is 19.1. The van der Waals surface area contributed by atoms with Crippen molar-refractivity contribution in [3.05, 3.63) is 59.2 Å². The highest BCUT2D eigenvalue weighted by Gasteiger charge is 2.30. The number of nitrogens with zero attached hydrogens (tertiary/aromatic N) is 1. The molecule has 0 aromatic heterocycles. The van der Waals surface area contributed by atoms with Gasteiger partial charge in [0.1, 0.15) is 5.92 Å². The molecule has 8 heteroatoms. The average Bonchev–Trinajstić information content (AvgIpc) is 2.60. The molecule has 1 unspecified atom stereocenters.